The van der Waals surface area contributed by atoms with Gasteiger partial charge in [0.05, 0.1) is 0 Å². The molecule has 1 aromatic carbocycles. The molecular weight excluding hydrogens is 264 g/mol. The smallest absolute Gasteiger partial charge is 0.264 e. The summed E-state index contributed by atoms with van der Waals surface area (Å²) in [6.45, 7) is 4.97. The van der Waals surface area contributed by atoms with Crippen molar-refractivity contribution in [2.24, 2.45) is 0 Å². The van der Waals surface area contributed by atoms with E-state index >= 15 is 0 Å². The van der Waals surface area contributed by atoms with Crippen LogP contribution in [0.4, 0.5) is 0 Å². The zero-order valence-corrected chi connectivity index (χ0v) is 12.7. The van der Waals surface area contributed by atoms with Crippen LogP contribution < -0.4 is 10.1 Å². The van der Waals surface area contributed by atoms with Crippen LogP contribution in [-0.2, 0) is 11.2 Å². The molecule has 0 saturated carbocycles. The zero-order chi connectivity index (χ0) is 14.7. The van der Waals surface area contributed by atoms with Crippen molar-refractivity contribution >= 4 is 5.91 Å². The molecule has 2 aliphatic rings. The molecule has 1 aromatic rings. The predicted molar refractivity (Wildman–Crippen MR) is 82.5 cm³/mol. The van der Waals surface area contributed by atoms with Gasteiger partial charge in [-0.05, 0) is 44.0 Å². The molecule has 4 nitrogen and oxygen atoms in total. The Morgan fingerprint density at radius 1 is 1.33 bits per heavy atom. The average Bonchev–Trinajstić information content (AvgIpc) is 2.97. The minimum absolute atomic E-state index is 0.167. The molecule has 0 radical (unpaired) electrons. The second-order valence-corrected chi connectivity index (χ2v) is 5.93. The second kappa shape index (κ2) is 6.48. The van der Waals surface area contributed by atoms with E-state index in [1.54, 1.807) is 0 Å². The molecule has 1 amide bonds. The van der Waals surface area contributed by atoms with E-state index in [4.69, 9.17) is 4.74 Å². The summed E-state index contributed by atoms with van der Waals surface area (Å²) in [5.41, 5.74) is 1.15. The molecule has 0 aliphatic carbocycles. The molecule has 3 rings (SSSR count). The van der Waals surface area contributed by atoms with Crippen LogP contribution in [0.1, 0.15) is 31.7 Å². The Morgan fingerprint density at radius 2 is 2.10 bits per heavy atom. The number of hydrogen-bond acceptors (Lipinski definition) is 3. The van der Waals surface area contributed by atoms with Crippen molar-refractivity contribution in [1.29, 1.82) is 0 Å². The van der Waals surface area contributed by atoms with Gasteiger partial charge >= 0.3 is 0 Å². The van der Waals surface area contributed by atoms with Gasteiger partial charge in [0.2, 0.25) is 0 Å². The zero-order valence-electron chi connectivity index (χ0n) is 12.7. The van der Waals surface area contributed by atoms with E-state index in [2.05, 4.69) is 23.2 Å². The fraction of sp³-hybridized carbons (Fsp3) is 0.588. The summed E-state index contributed by atoms with van der Waals surface area (Å²) in [5.74, 6) is 1.04. The van der Waals surface area contributed by atoms with Gasteiger partial charge < -0.3 is 15.0 Å². The number of rotatable bonds is 4. The van der Waals surface area contributed by atoms with E-state index in [0.717, 1.165) is 50.2 Å². The van der Waals surface area contributed by atoms with Crippen molar-refractivity contribution in [3.63, 3.8) is 0 Å². The summed E-state index contributed by atoms with van der Waals surface area (Å²) in [6.07, 6.45) is 3.47. The third-order valence-corrected chi connectivity index (χ3v) is 4.42. The van der Waals surface area contributed by atoms with Crippen LogP contribution >= 0.6 is 0 Å². The molecule has 0 spiro atoms. The van der Waals surface area contributed by atoms with Gasteiger partial charge in [-0.15, -0.1) is 0 Å². The van der Waals surface area contributed by atoms with Gasteiger partial charge in [-0.3, -0.25) is 4.79 Å². The maximum absolute atomic E-state index is 12.9. The van der Waals surface area contributed by atoms with Crippen LogP contribution in [0.25, 0.3) is 0 Å². The molecule has 1 unspecified atom stereocenters. The first kappa shape index (κ1) is 14.4. The van der Waals surface area contributed by atoms with E-state index in [1.165, 1.54) is 0 Å². The summed E-state index contributed by atoms with van der Waals surface area (Å²) in [4.78, 5) is 15.0. The van der Waals surface area contributed by atoms with Crippen molar-refractivity contribution in [2.45, 2.75) is 44.8 Å². The first-order chi connectivity index (χ1) is 10.3. The lowest BCUT2D eigenvalue weighted by Crippen LogP contribution is -2.50. The summed E-state index contributed by atoms with van der Waals surface area (Å²) in [7, 11) is 0. The first-order valence-corrected chi connectivity index (χ1v) is 8.05. The maximum Gasteiger partial charge on any atom is 0.264 e. The fourth-order valence-electron chi connectivity index (χ4n) is 3.34. The largest absolute Gasteiger partial charge is 0.480 e. The lowest BCUT2D eigenvalue weighted by Gasteiger charge is -2.35. The molecule has 21 heavy (non-hydrogen) atoms. The number of hydrogen-bond donors (Lipinski definition) is 1. The van der Waals surface area contributed by atoms with Gasteiger partial charge in [0.15, 0.2) is 6.10 Å². The number of ether oxygens (including phenoxy) is 1. The van der Waals surface area contributed by atoms with Gasteiger partial charge in [0.25, 0.3) is 5.91 Å². The SMILES string of the molecule is CCCN(C(=O)C1Cc2ccccc2O1)C1CCNCC1. The average molecular weight is 288 g/mol. The van der Waals surface area contributed by atoms with Crippen LogP contribution in [-0.4, -0.2) is 42.6 Å². The molecule has 1 fully saturated rings. The minimum atomic E-state index is -0.330. The Morgan fingerprint density at radius 3 is 2.81 bits per heavy atom. The molecule has 114 valence electrons. The van der Waals surface area contributed by atoms with Gasteiger partial charge in [0.1, 0.15) is 5.75 Å². The number of carbonyl (C=O) groups is 1. The Balaban J connectivity index is 1.70. The predicted octanol–water partition coefficient (Wildman–Crippen LogP) is 1.98. The van der Waals surface area contributed by atoms with Crippen LogP contribution in [0.5, 0.6) is 5.75 Å². The Bertz CT molecular complexity index is 472. The third kappa shape index (κ3) is 3.05. The van der Waals surface area contributed by atoms with Gasteiger partial charge in [-0.2, -0.15) is 0 Å². The maximum atomic E-state index is 12.9. The first-order valence-electron chi connectivity index (χ1n) is 8.05. The molecule has 2 aliphatic heterocycles. The minimum Gasteiger partial charge on any atom is -0.480 e. The third-order valence-electron chi connectivity index (χ3n) is 4.42. The highest BCUT2D eigenvalue weighted by atomic mass is 16.5. The summed E-state index contributed by atoms with van der Waals surface area (Å²) < 4.78 is 5.88. The second-order valence-electron chi connectivity index (χ2n) is 5.93. The number of para-hydroxylation sites is 1. The lowest BCUT2D eigenvalue weighted by atomic mass is 10.0. The number of nitrogens with one attached hydrogen (secondary N) is 1. The molecule has 4 heteroatoms. The Labute approximate surface area is 126 Å². The van der Waals surface area contributed by atoms with E-state index in [9.17, 15) is 4.79 Å². The van der Waals surface area contributed by atoms with Crippen LogP contribution in [0.15, 0.2) is 24.3 Å². The Hall–Kier alpha value is -1.55. The molecule has 0 aromatic heterocycles. The number of benzene rings is 1. The molecule has 2 heterocycles. The normalized spacial score (nSPS) is 21.7. The van der Waals surface area contributed by atoms with Crippen LogP contribution in [0, 0.1) is 0 Å². The van der Waals surface area contributed by atoms with E-state index in [-0.39, 0.29) is 12.0 Å². The van der Waals surface area contributed by atoms with E-state index in [0.29, 0.717) is 12.5 Å². The number of carbonyl (C=O) groups excluding carboxylic acids is 1. The summed E-state index contributed by atoms with van der Waals surface area (Å²) in [5, 5.41) is 3.37. The topological polar surface area (TPSA) is 41.6 Å². The fourth-order valence-corrected chi connectivity index (χ4v) is 3.34. The standard InChI is InChI=1S/C17H24N2O2/c1-2-11-19(14-7-9-18-10-8-14)17(20)16-12-13-5-3-4-6-15(13)21-16/h3-6,14,16,18H,2,7-12H2,1H3. The van der Waals surface area contributed by atoms with Crippen molar-refractivity contribution in [1.82, 2.24) is 10.2 Å². The highest BCUT2D eigenvalue weighted by molar-refractivity contribution is 5.83. The number of nitrogens with zero attached hydrogens (tertiary/aromatic N) is 1. The molecule has 1 N–H and O–H groups in total. The van der Waals surface area contributed by atoms with Crippen LogP contribution in [0.3, 0.4) is 0 Å². The van der Waals surface area contributed by atoms with E-state index in [1.807, 2.05) is 18.2 Å². The number of piperidine rings is 1. The van der Waals surface area contributed by atoms with Gasteiger partial charge in [0, 0.05) is 19.0 Å². The molecule has 0 bridgehead atoms. The monoisotopic (exact) mass is 288 g/mol. The van der Waals surface area contributed by atoms with Crippen molar-refractivity contribution in [2.75, 3.05) is 19.6 Å². The molecular formula is C17H24N2O2. The highest BCUT2D eigenvalue weighted by Gasteiger charge is 2.35. The quantitative estimate of drug-likeness (QED) is 0.921. The van der Waals surface area contributed by atoms with Crippen molar-refractivity contribution in [3.8, 4) is 5.75 Å². The highest BCUT2D eigenvalue weighted by Crippen LogP contribution is 2.29. The van der Waals surface area contributed by atoms with E-state index < -0.39 is 0 Å². The number of fused-ring (bicyclic) bond motifs is 1. The van der Waals surface area contributed by atoms with Crippen molar-refractivity contribution < 1.29 is 9.53 Å². The lowest BCUT2D eigenvalue weighted by molar-refractivity contribution is -0.141. The van der Waals surface area contributed by atoms with Crippen molar-refractivity contribution in [3.05, 3.63) is 29.8 Å². The van der Waals surface area contributed by atoms with Gasteiger partial charge in [-0.1, -0.05) is 25.1 Å². The molecule has 1 saturated heterocycles. The number of amides is 1. The summed E-state index contributed by atoms with van der Waals surface area (Å²) in [6, 6.07) is 8.34. The summed E-state index contributed by atoms with van der Waals surface area (Å²) >= 11 is 0. The molecule has 1 atom stereocenters. The van der Waals surface area contributed by atoms with Gasteiger partial charge in [-0.25, -0.2) is 0 Å². The van der Waals surface area contributed by atoms with Crippen LogP contribution in [0.2, 0.25) is 0 Å². The Kier molecular flexibility index (Phi) is 4.44.